The Labute approximate surface area is 120 Å². The van der Waals surface area contributed by atoms with Gasteiger partial charge in [0.15, 0.2) is 0 Å². The SMILES string of the molecule is CN(CCCCCO)C(C/C(N)=N/O)c1ccccc1. The molecule has 0 amide bonds. The van der Waals surface area contributed by atoms with E-state index >= 15 is 0 Å². The minimum atomic E-state index is 0.0984. The van der Waals surface area contributed by atoms with Gasteiger partial charge in [-0.1, -0.05) is 35.5 Å². The molecule has 5 nitrogen and oxygen atoms in total. The lowest BCUT2D eigenvalue weighted by Crippen LogP contribution is -2.30. The van der Waals surface area contributed by atoms with Crippen LogP contribution in [-0.4, -0.2) is 41.2 Å². The Morgan fingerprint density at radius 3 is 2.55 bits per heavy atom. The van der Waals surface area contributed by atoms with Crippen LogP contribution in [0.5, 0.6) is 0 Å². The van der Waals surface area contributed by atoms with E-state index in [2.05, 4.69) is 22.2 Å². The van der Waals surface area contributed by atoms with Gasteiger partial charge in [0.05, 0.1) is 0 Å². The Kier molecular flexibility index (Phi) is 7.69. The molecule has 0 heterocycles. The van der Waals surface area contributed by atoms with Crippen LogP contribution >= 0.6 is 0 Å². The third-order valence-corrected chi connectivity index (χ3v) is 3.42. The summed E-state index contributed by atoms with van der Waals surface area (Å²) in [5, 5.41) is 20.7. The van der Waals surface area contributed by atoms with Gasteiger partial charge in [0.1, 0.15) is 5.84 Å². The smallest absolute Gasteiger partial charge is 0.141 e. The van der Waals surface area contributed by atoms with Crippen molar-refractivity contribution >= 4 is 5.84 Å². The molecule has 1 aromatic rings. The van der Waals surface area contributed by atoms with E-state index < -0.39 is 0 Å². The molecule has 0 fully saturated rings. The van der Waals surface area contributed by atoms with Gasteiger partial charge in [0.25, 0.3) is 0 Å². The number of nitrogens with zero attached hydrogens (tertiary/aromatic N) is 2. The van der Waals surface area contributed by atoms with E-state index in [-0.39, 0.29) is 18.5 Å². The predicted octanol–water partition coefficient (Wildman–Crippen LogP) is 1.96. The Balaban J connectivity index is 2.67. The zero-order valence-corrected chi connectivity index (χ0v) is 12.1. The molecular formula is C15H25N3O2. The summed E-state index contributed by atoms with van der Waals surface area (Å²) in [7, 11) is 2.04. The molecule has 0 saturated carbocycles. The number of hydrogen-bond acceptors (Lipinski definition) is 4. The van der Waals surface area contributed by atoms with Crippen LogP contribution in [0.1, 0.15) is 37.3 Å². The van der Waals surface area contributed by atoms with Crippen molar-refractivity contribution in [3.05, 3.63) is 35.9 Å². The average Bonchev–Trinajstić information content (AvgIpc) is 2.49. The van der Waals surface area contributed by atoms with E-state index in [4.69, 9.17) is 16.0 Å². The molecule has 0 bridgehead atoms. The predicted molar refractivity (Wildman–Crippen MR) is 80.8 cm³/mol. The highest BCUT2D eigenvalue weighted by molar-refractivity contribution is 5.80. The number of rotatable bonds is 9. The molecule has 0 spiro atoms. The molecule has 4 N–H and O–H groups in total. The van der Waals surface area contributed by atoms with Crippen molar-refractivity contribution in [3.63, 3.8) is 0 Å². The van der Waals surface area contributed by atoms with Crippen molar-refractivity contribution in [2.24, 2.45) is 10.9 Å². The van der Waals surface area contributed by atoms with E-state index in [9.17, 15) is 0 Å². The third-order valence-electron chi connectivity index (χ3n) is 3.42. The van der Waals surface area contributed by atoms with E-state index in [0.717, 1.165) is 31.4 Å². The molecule has 20 heavy (non-hydrogen) atoms. The first-order chi connectivity index (χ1) is 9.69. The second kappa shape index (κ2) is 9.34. The fourth-order valence-corrected chi connectivity index (χ4v) is 2.25. The van der Waals surface area contributed by atoms with Crippen molar-refractivity contribution in [3.8, 4) is 0 Å². The Morgan fingerprint density at radius 2 is 1.95 bits per heavy atom. The lowest BCUT2D eigenvalue weighted by atomic mass is 10.0. The summed E-state index contributed by atoms with van der Waals surface area (Å²) in [6.45, 7) is 1.16. The zero-order valence-electron chi connectivity index (χ0n) is 12.1. The zero-order chi connectivity index (χ0) is 14.8. The van der Waals surface area contributed by atoms with E-state index in [1.165, 1.54) is 0 Å². The normalized spacial score (nSPS) is 13.7. The fourth-order valence-electron chi connectivity index (χ4n) is 2.25. The second-order valence-electron chi connectivity index (χ2n) is 4.99. The summed E-state index contributed by atoms with van der Waals surface area (Å²) in [4.78, 5) is 2.21. The molecule has 1 unspecified atom stereocenters. The van der Waals surface area contributed by atoms with Crippen LogP contribution in [0.3, 0.4) is 0 Å². The van der Waals surface area contributed by atoms with Crippen molar-refractivity contribution in [1.29, 1.82) is 0 Å². The molecular weight excluding hydrogens is 254 g/mol. The van der Waals surface area contributed by atoms with Gasteiger partial charge in [0.2, 0.25) is 0 Å². The van der Waals surface area contributed by atoms with Crippen molar-refractivity contribution < 1.29 is 10.3 Å². The topological polar surface area (TPSA) is 82.1 Å². The minimum Gasteiger partial charge on any atom is -0.409 e. The third kappa shape index (κ3) is 5.59. The molecule has 112 valence electrons. The summed E-state index contributed by atoms with van der Waals surface area (Å²) in [6, 6.07) is 10.2. The van der Waals surface area contributed by atoms with Gasteiger partial charge in [-0.3, -0.25) is 4.90 Å². The highest BCUT2D eigenvalue weighted by Gasteiger charge is 2.18. The van der Waals surface area contributed by atoms with Gasteiger partial charge in [0, 0.05) is 19.1 Å². The van der Waals surface area contributed by atoms with E-state index in [0.29, 0.717) is 6.42 Å². The standard InChI is InChI=1S/C15H25N3O2/c1-18(10-6-3-7-11-19)14(12-15(16)17-20)13-8-4-2-5-9-13/h2,4-5,8-9,14,19-20H,3,6-7,10-12H2,1H3,(H2,16,17). The van der Waals surface area contributed by atoms with Gasteiger partial charge in [-0.25, -0.2) is 0 Å². The number of oxime groups is 1. The van der Waals surface area contributed by atoms with Crippen LogP contribution in [-0.2, 0) is 0 Å². The molecule has 0 aliphatic rings. The molecule has 1 aromatic carbocycles. The van der Waals surface area contributed by atoms with Crippen LogP contribution in [0.25, 0.3) is 0 Å². The highest BCUT2D eigenvalue weighted by atomic mass is 16.4. The van der Waals surface area contributed by atoms with Crippen LogP contribution in [0.4, 0.5) is 0 Å². The van der Waals surface area contributed by atoms with Gasteiger partial charge in [-0.05, 0) is 38.4 Å². The first-order valence-electron chi connectivity index (χ1n) is 7.01. The van der Waals surface area contributed by atoms with E-state index in [1.807, 2.05) is 25.2 Å². The molecule has 1 atom stereocenters. The lowest BCUT2D eigenvalue weighted by Gasteiger charge is -2.28. The molecule has 1 rings (SSSR count). The minimum absolute atomic E-state index is 0.0984. The molecule has 0 aromatic heterocycles. The summed E-state index contributed by atoms with van der Waals surface area (Å²) in [6.07, 6.45) is 3.36. The number of benzene rings is 1. The van der Waals surface area contributed by atoms with Gasteiger partial charge in [-0.15, -0.1) is 0 Å². The van der Waals surface area contributed by atoms with Crippen molar-refractivity contribution in [1.82, 2.24) is 4.90 Å². The van der Waals surface area contributed by atoms with Crippen LogP contribution < -0.4 is 5.73 Å². The molecule has 0 aliphatic heterocycles. The molecule has 0 aliphatic carbocycles. The number of unbranched alkanes of at least 4 members (excludes halogenated alkanes) is 2. The van der Waals surface area contributed by atoms with Crippen LogP contribution in [0, 0.1) is 0 Å². The Bertz CT molecular complexity index is 395. The maximum atomic E-state index is 8.80. The van der Waals surface area contributed by atoms with Gasteiger partial charge in [-0.2, -0.15) is 0 Å². The average molecular weight is 279 g/mol. The van der Waals surface area contributed by atoms with Gasteiger partial charge >= 0.3 is 0 Å². The maximum Gasteiger partial charge on any atom is 0.141 e. The Morgan fingerprint density at radius 1 is 1.25 bits per heavy atom. The summed E-state index contributed by atoms with van der Waals surface area (Å²) in [5.41, 5.74) is 6.82. The molecule has 0 saturated heterocycles. The first kappa shape index (κ1) is 16.5. The summed E-state index contributed by atoms with van der Waals surface area (Å²) < 4.78 is 0. The summed E-state index contributed by atoms with van der Waals surface area (Å²) in [5.74, 6) is 0.237. The Hall–Kier alpha value is -1.59. The van der Waals surface area contributed by atoms with Gasteiger partial charge < -0.3 is 16.0 Å². The lowest BCUT2D eigenvalue weighted by molar-refractivity contribution is 0.233. The van der Waals surface area contributed by atoms with Crippen molar-refractivity contribution in [2.75, 3.05) is 20.2 Å². The van der Waals surface area contributed by atoms with Crippen LogP contribution in [0.15, 0.2) is 35.5 Å². The largest absolute Gasteiger partial charge is 0.409 e. The monoisotopic (exact) mass is 279 g/mol. The number of hydrogen-bond donors (Lipinski definition) is 3. The number of aliphatic hydroxyl groups is 1. The number of amidine groups is 1. The second-order valence-corrected chi connectivity index (χ2v) is 4.99. The molecule has 0 radical (unpaired) electrons. The number of nitrogens with two attached hydrogens (primary N) is 1. The van der Waals surface area contributed by atoms with Crippen molar-refractivity contribution in [2.45, 2.75) is 31.7 Å². The maximum absolute atomic E-state index is 8.80. The first-order valence-corrected chi connectivity index (χ1v) is 7.01. The summed E-state index contributed by atoms with van der Waals surface area (Å²) >= 11 is 0. The quantitative estimate of drug-likeness (QED) is 0.212. The highest BCUT2D eigenvalue weighted by Crippen LogP contribution is 2.23. The number of aliphatic hydroxyl groups excluding tert-OH is 1. The fraction of sp³-hybridized carbons (Fsp3) is 0.533. The van der Waals surface area contributed by atoms with E-state index in [1.54, 1.807) is 0 Å². The van der Waals surface area contributed by atoms with Crippen LogP contribution in [0.2, 0.25) is 0 Å². The molecule has 5 heteroatoms.